The van der Waals surface area contributed by atoms with Gasteiger partial charge in [-0.25, -0.2) is 4.39 Å². The number of rotatable bonds is 6. The molecule has 0 spiro atoms. The molecule has 0 radical (unpaired) electrons. The van der Waals surface area contributed by atoms with Crippen molar-refractivity contribution in [3.8, 4) is 0 Å². The average molecular weight is 256 g/mol. The van der Waals surface area contributed by atoms with Crippen LogP contribution in [0.5, 0.6) is 0 Å². The number of hydrogen-bond acceptors (Lipinski definition) is 4. The first-order chi connectivity index (χ1) is 8.35. The van der Waals surface area contributed by atoms with Crippen LogP contribution in [0.3, 0.4) is 0 Å². The Kier molecular flexibility index (Phi) is 4.61. The number of hydrogen-bond donors (Lipinski definition) is 1. The summed E-state index contributed by atoms with van der Waals surface area (Å²) in [6.45, 7) is 6.47. The molecule has 0 atom stereocenters. The fraction of sp³-hybridized carbons (Fsp3) is 0.500. The number of nitrogens with one attached hydrogen (secondary N) is 1. The molecule has 1 aromatic carbocycles. The summed E-state index contributed by atoms with van der Waals surface area (Å²) in [6.07, 6.45) is 0. The van der Waals surface area contributed by atoms with Gasteiger partial charge in [0.05, 0.1) is 10.5 Å². The highest BCUT2D eigenvalue weighted by atomic mass is 19.1. The van der Waals surface area contributed by atoms with Gasteiger partial charge >= 0.3 is 0 Å². The maximum Gasteiger partial charge on any atom is 0.292 e. The van der Waals surface area contributed by atoms with Crippen LogP contribution in [-0.4, -0.2) is 23.7 Å². The Labute approximate surface area is 105 Å². The topological polar surface area (TPSA) is 64.4 Å². The molecule has 0 unspecified atom stereocenters. The lowest BCUT2D eigenvalue weighted by molar-refractivity contribution is -0.384. The minimum atomic E-state index is -0.546. The Balaban J connectivity index is 2.83. The molecule has 18 heavy (non-hydrogen) atoms. The number of anilines is 1. The van der Waals surface area contributed by atoms with Crippen LogP contribution in [-0.2, 0) is 4.74 Å². The van der Waals surface area contributed by atoms with Crippen molar-refractivity contribution >= 4 is 11.4 Å². The quantitative estimate of drug-likeness (QED) is 0.627. The third kappa shape index (κ3) is 3.96. The first kappa shape index (κ1) is 14.4. The molecule has 0 amide bonds. The summed E-state index contributed by atoms with van der Waals surface area (Å²) in [7, 11) is 0. The van der Waals surface area contributed by atoms with Gasteiger partial charge in [0.2, 0.25) is 0 Å². The van der Waals surface area contributed by atoms with Crippen molar-refractivity contribution in [2.75, 3.05) is 18.5 Å². The lowest BCUT2D eigenvalue weighted by Gasteiger charge is -2.25. The molecule has 0 bridgehead atoms. The van der Waals surface area contributed by atoms with Crippen LogP contribution in [0.15, 0.2) is 18.2 Å². The molecule has 0 fully saturated rings. The van der Waals surface area contributed by atoms with Crippen molar-refractivity contribution in [2.24, 2.45) is 0 Å². The van der Waals surface area contributed by atoms with E-state index < -0.39 is 16.3 Å². The Morgan fingerprint density at radius 2 is 2.17 bits per heavy atom. The fourth-order valence-electron chi connectivity index (χ4n) is 1.56. The third-order valence-electron chi connectivity index (χ3n) is 2.39. The minimum absolute atomic E-state index is 0.149. The lowest BCUT2D eigenvalue weighted by atomic mass is 10.1. The molecular formula is C12H17FN2O3. The molecule has 1 N–H and O–H groups in total. The second-order valence-corrected chi connectivity index (χ2v) is 4.46. The minimum Gasteiger partial charge on any atom is -0.377 e. The molecule has 0 saturated carbocycles. The highest BCUT2D eigenvalue weighted by Crippen LogP contribution is 2.25. The molecule has 1 aromatic rings. The van der Waals surface area contributed by atoms with E-state index in [-0.39, 0.29) is 11.4 Å². The molecule has 0 aliphatic rings. The standard InChI is InChI=1S/C12H17FN2O3/c1-4-18-12(2,3)8-14-10-7-9(13)5-6-11(10)15(16)17/h5-7,14H,4,8H2,1-3H3. The molecule has 6 heteroatoms. The predicted molar refractivity (Wildman–Crippen MR) is 67.2 cm³/mol. The summed E-state index contributed by atoms with van der Waals surface area (Å²) in [5.41, 5.74) is -0.467. The highest BCUT2D eigenvalue weighted by molar-refractivity contribution is 5.61. The second kappa shape index (κ2) is 5.77. The van der Waals surface area contributed by atoms with E-state index in [1.807, 2.05) is 20.8 Å². The van der Waals surface area contributed by atoms with Gasteiger partial charge in [0.1, 0.15) is 11.5 Å². The van der Waals surface area contributed by atoms with E-state index in [1.54, 1.807) is 0 Å². The van der Waals surface area contributed by atoms with Crippen molar-refractivity contribution in [3.05, 3.63) is 34.1 Å². The molecule has 0 aliphatic carbocycles. The Morgan fingerprint density at radius 3 is 2.72 bits per heavy atom. The van der Waals surface area contributed by atoms with Crippen molar-refractivity contribution < 1.29 is 14.1 Å². The van der Waals surface area contributed by atoms with E-state index in [0.29, 0.717) is 13.2 Å². The summed E-state index contributed by atoms with van der Waals surface area (Å²) >= 11 is 0. The van der Waals surface area contributed by atoms with E-state index in [1.165, 1.54) is 0 Å². The van der Waals surface area contributed by atoms with E-state index in [2.05, 4.69) is 5.32 Å². The van der Waals surface area contributed by atoms with E-state index in [4.69, 9.17) is 4.74 Å². The highest BCUT2D eigenvalue weighted by Gasteiger charge is 2.20. The average Bonchev–Trinajstić information content (AvgIpc) is 2.26. The van der Waals surface area contributed by atoms with Crippen molar-refractivity contribution in [1.29, 1.82) is 0 Å². The summed E-state index contributed by atoms with van der Waals surface area (Å²) in [5, 5.41) is 13.6. The summed E-state index contributed by atoms with van der Waals surface area (Å²) < 4.78 is 18.5. The summed E-state index contributed by atoms with van der Waals surface area (Å²) in [4.78, 5) is 10.2. The van der Waals surface area contributed by atoms with Gasteiger partial charge < -0.3 is 10.1 Å². The lowest BCUT2D eigenvalue weighted by Crippen LogP contribution is -2.33. The van der Waals surface area contributed by atoms with Gasteiger partial charge in [-0.3, -0.25) is 10.1 Å². The number of nitrogens with zero attached hydrogens (tertiary/aromatic N) is 1. The number of halogens is 1. The van der Waals surface area contributed by atoms with Crippen molar-refractivity contribution in [2.45, 2.75) is 26.4 Å². The summed E-state index contributed by atoms with van der Waals surface area (Å²) in [5.74, 6) is -0.516. The monoisotopic (exact) mass is 256 g/mol. The smallest absolute Gasteiger partial charge is 0.292 e. The second-order valence-electron chi connectivity index (χ2n) is 4.46. The van der Waals surface area contributed by atoms with Gasteiger partial charge in [-0.1, -0.05) is 0 Å². The van der Waals surface area contributed by atoms with Crippen molar-refractivity contribution in [1.82, 2.24) is 0 Å². The number of nitro groups is 1. The number of nitro benzene ring substituents is 1. The van der Waals surface area contributed by atoms with Gasteiger partial charge in [-0.15, -0.1) is 0 Å². The molecule has 0 aliphatic heterocycles. The molecular weight excluding hydrogens is 239 g/mol. The Hall–Kier alpha value is -1.69. The van der Waals surface area contributed by atoms with E-state index in [0.717, 1.165) is 18.2 Å². The normalized spacial score (nSPS) is 11.3. The Bertz CT molecular complexity index is 435. The zero-order valence-electron chi connectivity index (χ0n) is 10.7. The van der Waals surface area contributed by atoms with Gasteiger partial charge in [0.15, 0.2) is 0 Å². The van der Waals surface area contributed by atoms with Gasteiger partial charge in [0, 0.05) is 25.3 Å². The maximum atomic E-state index is 13.1. The maximum absolute atomic E-state index is 13.1. The molecule has 0 heterocycles. The largest absolute Gasteiger partial charge is 0.377 e. The first-order valence-electron chi connectivity index (χ1n) is 5.67. The Morgan fingerprint density at radius 1 is 1.50 bits per heavy atom. The van der Waals surface area contributed by atoms with Crippen LogP contribution in [0.2, 0.25) is 0 Å². The van der Waals surface area contributed by atoms with E-state index in [9.17, 15) is 14.5 Å². The molecule has 100 valence electrons. The van der Waals surface area contributed by atoms with Crippen LogP contribution >= 0.6 is 0 Å². The van der Waals surface area contributed by atoms with Crippen LogP contribution in [0.25, 0.3) is 0 Å². The van der Waals surface area contributed by atoms with Crippen LogP contribution in [0.4, 0.5) is 15.8 Å². The number of benzene rings is 1. The van der Waals surface area contributed by atoms with Crippen LogP contribution in [0.1, 0.15) is 20.8 Å². The molecule has 1 rings (SSSR count). The van der Waals surface area contributed by atoms with Crippen molar-refractivity contribution in [3.63, 3.8) is 0 Å². The van der Waals surface area contributed by atoms with Crippen LogP contribution in [0, 0.1) is 15.9 Å². The zero-order chi connectivity index (χ0) is 13.8. The third-order valence-corrected chi connectivity index (χ3v) is 2.39. The molecule has 0 saturated heterocycles. The van der Waals surface area contributed by atoms with Crippen LogP contribution < -0.4 is 5.32 Å². The fourth-order valence-corrected chi connectivity index (χ4v) is 1.56. The zero-order valence-corrected chi connectivity index (χ0v) is 10.7. The molecule has 0 aromatic heterocycles. The van der Waals surface area contributed by atoms with Gasteiger partial charge in [-0.05, 0) is 26.8 Å². The number of ether oxygens (including phenoxy) is 1. The molecule has 5 nitrogen and oxygen atoms in total. The first-order valence-corrected chi connectivity index (χ1v) is 5.67. The SMILES string of the molecule is CCOC(C)(C)CNc1cc(F)ccc1[N+](=O)[O-]. The predicted octanol–water partition coefficient (Wildman–Crippen LogP) is 2.96. The van der Waals surface area contributed by atoms with Gasteiger partial charge in [-0.2, -0.15) is 0 Å². The van der Waals surface area contributed by atoms with E-state index >= 15 is 0 Å². The van der Waals surface area contributed by atoms with Gasteiger partial charge in [0.25, 0.3) is 5.69 Å². The summed E-state index contributed by atoms with van der Waals surface area (Å²) in [6, 6.07) is 3.32.